The van der Waals surface area contributed by atoms with Gasteiger partial charge in [0.25, 0.3) is 5.89 Å². The van der Waals surface area contributed by atoms with Gasteiger partial charge in [-0.2, -0.15) is 4.98 Å². The first-order valence-electron chi connectivity index (χ1n) is 9.90. The molecule has 35 heavy (non-hydrogen) atoms. The number of allylic oxidation sites excluding steroid dienone is 5. The number of nitrogens with zero attached hydrogens (tertiary/aromatic N) is 2. The Morgan fingerprint density at radius 1 is 1.11 bits per heavy atom. The molecule has 0 aliphatic carbocycles. The number of benzene rings is 2. The van der Waals surface area contributed by atoms with E-state index in [1.54, 1.807) is 12.1 Å². The summed E-state index contributed by atoms with van der Waals surface area (Å²) in [6.45, 7) is 11.9. The molecule has 7 nitrogen and oxygen atoms in total. The zero-order chi connectivity index (χ0) is 26.5. The maximum atomic E-state index is 14.0. The SMILES string of the molecule is C#Cc1cc(-c2nc(-c3ccc(C(=O)O)c(F)c3)no2)ccc1/C(=C/C=C\C)C(=C)C.C=O.C=O. The van der Waals surface area contributed by atoms with E-state index in [2.05, 4.69) is 22.6 Å². The first-order valence-corrected chi connectivity index (χ1v) is 9.90. The van der Waals surface area contributed by atoms with E-state index in [0.717, 1.165) is 28.8 Å². The lowest BCUT2D eigenvalue weighted by Gasteiger charge is -2.10. The number of terminal acetylenes is 1. The van der Waals surface area contributed by atoms with E-state index >= 15 is 0 Å². The van der Waals surface area contributed by atoms with E-state index in [4.69, 9.17) is 25.6 Å². The van der Waals surface area contributed by atoms with Gasteiger partial charge in [-0.15, -0.1) is 6.42 Å². The van der Waals surface area contributed by atoms with Crippen LogP contribution < -0.4 is 0 Å². The van der Waals surface area contributed by atoms with Crippen LogP contribution in [0.2, 0.25) is 0 Å². The largest absolute Gasteiger partial charge is 0.478 e. The third-order valence-electron chi connectivity index (χ3n) is 4.51. The van der Waals surface area contributed by atoms with Crippen LogP contribution >= 0.6 is 0 Å². The fourth-order valence-electron chi connectivity index (χ4n) is 2.97. The Labute approximate surface area is 202 Å². The second-order valence-electron chi connectivity index (χ2n) is 6.71. The highest BCUT2D eigenvalue weighted by Gasteiger charge is 2.16. The molecule has 0 aliphatic heterocycles. The Balaban J connectivity index is 0.00000145. The van der Waals surface area contributed by atoms with Crippen molar-refractivity contribution in [3.8, 4) is 35.2 Å². The molecule has 1 aromatic heterocycles. The molecule has 3 rings (SSSR count). The summed E-state index contributed by atoms with van der Waals surface area (Å²) in [6.07, 6.45) is 11.5. The van der Waals surface area contributed by atoms with E-state index in [1.807, 2.05) is 51.7 Å². The van der Waals surface area contributed by atoms with E-state index < -0.39 is 17.3 Å². The van der Waals surface area contributed by atoms with Crippen LogP contribution in [0.3, 0.4) is 0 Å². The molecule has 0 saturated carbocycles. The van der Waals surface area contributed by atoms with Gasteiger partial charge < -0.3 is 19.2 Å². The molecule has 0 aliphatic rings. The van der Waals surface area contributed by atoms with Gasteiger partial charge in [-0.05, 0) is 55.3 Å². The van der Waals surface area contributed by atoms with Crippen molar-refractivity contribution in [2.45, 2.75) is 13.8 Å². The first-order chi connectivity index (χ1) is 16.8. The molecule has 0 unspecified atom stereocenters. The molecular formula is C27H23FN2O5. The van der Waals surface area contributed by atoms with Crippen molar-refractivity contribution in [1.29, 1.82) is 0 Å². The number of carboxylic acid groups (broad SMARTS) is 1. The molecular weight excluding hydrogens is 451 g/mol. The highest BCUT2D eigenvalue weighted by Crippen LogP contribution is 2.30. The van der Waals surface area contributed by atoms with Crippen molar-refractivity contribution in [1.82, 2.24) is 10.1 Å². The number of halogens is 1. The lowest BCUT2D eigenvalue weighted by molar-refractivity contribution is -0.0987. The topological polar surface area (TPSA) is 110 Å². The zero-order valence-corrected chi connectivity index (χ0v) is 19.2. The lowest BCUT2D eigenvalue weighted by Crippen LogP contribution is -2.00. The van der Waals surface area contributed by atoms with E-state index in [9.17, 15) is 9.18 Å². The summed E-state index contributed by atoms with van der Waals surface area (Å²) in [5, 5.41) is 12.8. The molecule has 0 spiro atoms. The van der Waals surface area contributed by atoms with Crippen LogP contribution in [0.15, 0.2) is 71.3 Å². The van der Waals surface area contributed by atoms with Gasteiger partial charge >= 0.3 is 5.97 Å². The predicted molar refractivity (Wildman–Crippen MR) is 132 cm³/mol. The van der Waals surface area contributed by atoms with Gasteiger partial charge in [0.05, 0.1) is 5.56 Å². The number of rotatable bonds is 6. The average Bonchev–Trinajstić information content (AvgIpc) is 3.37. The molecule has 1 heterocycles. The standard InChI is InChI=1S/C25H19FN2O3.2CH2O/c1-5-7-8-19(15(3)4)20-11-10-18(13-16(20)6-2)24-27-23(28-31-24)17-9-12-21(25(29)30)22(26)14-17;2*1-2/h2,5,7-14H,3H2,1,4H3,(H,29,30);2*1H2/b7-5-,19-8+;;. The monoisotopic (exact) mass is 474 g/mol. The van der Waals surface area contributed by atoms with Crippen molar-refractivity contribution in [3.63, 3.8) is 0 Å². The van der Waals surface area contributed by atoms with Crippen LogP contribution in [0.4, 0.5) is 4.39 Å². The maximum absolute atomic E-state index is 14.0. The molecule has 3 aromatic rings. The van der Waals surface area contributed by atoms with E-state index in [-0.39, 0.29) is 11.7 Å². The van der Waals surface area contributed by atoms with Crippen molar-refractivity contribution < 1.29 is 28.4 Å². The minimum atomic E-state index is -1.35. The van der Waals surface area contributed by atoms with Crippen molar-refractivity contribution in [2.75, 3.05) is 0 Å². The summed E-state index contributed by atoms with van der Waals surface area (Å²) in [7, 11) is 0. The van der Waals surface area contributed by atoms with Crippen LogP contribution in [0.5, 0.6) is 0 Å². The Morgan fingerprint density at radius 2 is 1.74 bits per heavy atom. The Kier molecular flexibility index (Phi) is 10.9. The zero-order valence-electron chi connectivity index (χ0n) is 19.2. The molecule has 0 atom stereocenters. The van der Waals surface area contributed by atoms with Gasteiger partial charge in [0.1, 0.15) is 19.4 Å². The van der Waals surface area contributed by atoms with Crippen LogP contribution in [-0.2, 0) is 9.59 Å². The number of aromatic nitrogens is 2. The summed E-state index contributed by atoms with van der Waals surface area (Å²) in [5.74, 6) is 0.786. The number of carboxylic acids is 1. The number of aromatic carboxylic acids is 1. The van der Waals surface area contributed by atoms with Gasteiger partial charge in [-0.25, -0.2) is 9.18 Å². The first kappa shape index (κ1) is 28.1. The van der Waals surface area contributed by atoms with Gasteiger partial charge in [0.15, 0.2) is 0 Å². The maximum Gasteiger partial charge on any atom is 0.338 e. The number of hydrogen-bond donors (Lipinski definition) is 1. The number of carbonyl (C=O) groups is 3. The Hall–Kier alpha value is -4.90. The van der Waals surface area contributed by atoms with Crippen LogP contribution in [0.25, 0.3) is 28.4 Å². The number of hydrogen-bond acceptors (Lipinski definition) is 6. The van der Waals surface area contributed by atoms with Crippen LogP contribution in [0, 0.1) is 18.2 Å². The third-order valence-corrected chi connectivity index (χ3v) is 4.51. The Bertz CT molecular complexity index is 1310. The van der Waals surface area contributed by atoms with Crippen molar-refractivity contribution in [2.24, 2.45) is 0 Å². The molecule has 0 amide bonds. The van der Waals surface area contributed by atoms with Crippen molar-refractivity contribution >= 4 is 25.1 Å². The molecule has 8 heteroatoms. The fourth-order valence-corrected chi connectivity index (χ4v) is 2.97. The molecule has 178 valence electrons. The number of carbonyl (C=O) groups excluding carboxylic acids is 2. The van der Waals surface area contributed by atoms with E-state index in [1.165, 1.54) is 6.07 Å². The lowest BCUT2D eigenvalue weighted by atomic mass is 9.93. The van der Waals surface area contributed by atoms with Crippen LogP contribution in [0.1, 0.15) is 35.3 Å². The fraction of sp³-hybridized carbons (Fsp3) is 0.0741. The average molecular weight is 474 g/mol. The second-order valence-corrected chi connectivity index (χ2v) is 6.71. The van der Waals surface area contributed by atoms with Crippen molar-refractivity contribution in [3.05, 3.63) is 89.3 Å². The van der Waals surface area contributed by atoms with Gasteiger partial charge in [-0.1, -0.05) is 47.5 Å². The van der Waals surface area contributed by atoms with E-state index in [0.29, 0.717) is 16.7 Å². The summed E-state index contributed by atoms with van der Waals surface area (Å²) in [6, 6.07) is 9.05. The molecule has 0 bridgehead atoms. The van der Waals surface area contributed by atoms with Gasteiger partial charge in [0.2, 0.25) is 5.82 Å². The molecule has 1 N–H and O–H groups in total. The summed E-state index contributed by atoms with van der Waals surface area (Å²) < 4.78 is 19.3. The summed E-state index contributed by atoms with van der Waals surface area (Å²) in [5.41, 5.74) is 3.74. The minimum absolute atomic E-state index is 0.132. The summed E-state index contributed by atoms with van der Waals surface area (Å²) >= 11 is 0. The van der Waals surface area contributed by atoms with Gasteiger partial charge in [0, 0.05) is 16.7 Å². The molecule has 0 radical (unpaired) electrons. The van der Waals surface area contributed by atoms with Crippen LogP contribution in [-0.4, -0.2) is 34.8 Å². The minimum Gasteiger partial charge on any atom is -0.478 e. The molecule has 0 saturated heterocycles. The van der Waals surface area contributed by atoms with Gasteiger partial charge in [-0.3, -0.25) is 0 Å². The highest BCUT2D eigenvalue weighted by atomic mass is 19.1. The second kappa shape index (κ2) is 13.6. The third kappa shape index (κ3) is 6.79. The predicted octanol–water partition coefficient (Wildman–Crippen LogP) is 5.39. The molecule has 2 aromatic carbocycles. The normalized spacial score (nSPS) is 10.4. The smallest absolute Gasteiger partial charge is 0.338 e. The molecule has 0 fully saturated rings. The highest BCUT2D eigenvalue weighted by molar-refractivity contribution is 5.88. The summed E-state index contributed by atoms with van der Waals surface area (Å²) in [4.78, 5) is 31.3. The Morgan fingerprint density at radius 3 is 2.29 bits per heavy atom. The quantitative estimate of drug-likeness (QED) is 0.377.